The zero-order valence-corrected chi connectivity index (χ0v) is 15.8. The van der Waals surface area contributed by atoms with Crippen molar-refractivity contribution < 1.29 is 4.74 Å². The molecular weight excluding hydrogens is 377 g/mol. The van der Waals surface area contributed by atoms with Gasteiger partial charge in [0.25, 0.3) is 0 Å². The summed E-state index contributed by atoms with van der Waals surface area (Å²) in [5, 5.41) is 6.69. The number of guanidine groups is 1. The summed E-state index contributed by atoms with van der Waals surface area (Å²) in [6.45, 7) is 7.84. The molecule has 21 heavy (non-hydrogen) atoms. The van der Waals surface area contributed by atoms with Crippen LogP contribution in [0.1, 0.15) is 32.8 Å². The summed E-state index contributed by atoms with van der Waals surface area (Å²) in [6.07, 6.45) is 1.99. The minimum Gasteiger partial charge on any atom is -0.494 e. The predicted molar refractivity (Wildman–Crippen MR) is 101 cm³/mol. The van der Waals surface area contributed by atoms with Gasteiger partial charge in [0, 0.05) is 19.6 Å². The first-order chi connectivity index (χ1) is 9.71. The molecule has 0 aliphatic rings. The molecule has 5 heteroatoms. The number of para-hydroxylation sites is 1. The topological polar surface area (TPSA) is 45.6 Å². The van der Waals surface area contributed by atoms with E-state index in [1.165, 1.54) is 5.56 Å². The average Bonchev–Trinajstić information content (AvgIpc) is 2.48. The third-order valence-electron chi connectivity index (χ3n) is 3.18. The predicted octanol–water partition coefficient (Wildman–Crippen LogP) is 3.21. The molecule has 1 atom stereocenters. The number of nitrogens with zero attached hydrogens (tertiary/aromatic N) is 1. The van der Waals surface area contributed by atoms with Crippen molar-refractivity contribution >= 4 is 29.9 Å². The molecule has 2 N–H and O–H groups in total. The van der Waals surface area contributed by atoms with Gasteiger partial charge in [0.05, 0.1) is 6.61 Å². The van der Waals surface area contributed by atoms with Gasteiger partial charge in [0.1, 0.15) is 5.75 Å². The van der Waals surface area contributed by atoms with Gasteiger partial charge < -0.3 is 15.4 Å². The van der Waals surface area contributed by atoms with E-state index in [1.807, 2.05) is 25.1 Å². The molecule has 1 unspecified atom stereocenters. The van der Waals surface area contributed by atoms with Gasteiger partial charge in [-0.2, -0.15) is 0 Å². The molecule has 1 rings (SSSR count). The van der Waals surface area contributed by atoms with Crippen molar-refractivity contribution in [2.24, 2.45) is 4.99 Å². The fraction of sp³-hybridized carbons (Fsp3) is 0.562. The van der Waals surface area contributed by atoms with Crippen LogP contribution in [-0.2, 0) is 6.42 Å². The number of aliphatic imine (C=N–C) groups is 1. The lowest BCUT2D eigenvalue weighted by molar-refractivity contribution is 0.336. The van der Waals surface area contributed by atoms with Gasteiger partial charge in [0.2, 0.25) is 0 Å². The molecule has 120 valence electrons. The minimum absolute atomic E-state index is 0. The highest BCUT2D eigenvalue weighted by Crippen LogP contribution is 2.17. The van der Waals surface area contributed by atoms with Crippen LogP contribution in [-0.4, -0.2) is 32.2 Å². The maximum atomic E-state index is 5.63. The van der Waals surface area contributed by atoms with Crippen LogP contribution in [0.3, 0.4) is 0 Å². The Morgan fingerprint density at radius 1 is 1.29 bits per heavy atom. The Morgan fingerprint density at radius 2 is 2.00 bits per heavy atom. The lowest BCUT2D eigenvalue weighted by Crippen LogP contribution is -2.42. The summed E-state index contributed by atoms with van der Waals surface area (Å²) in [5.74, 6) is 1.83. The Labute approximate surface area is 145 Å². The van der Waals surface area contributed by atoms with E-state index < -0.39 is 0 Å². The van der Waals surface area contributed by atoms with Crippen molar-refractivity contribution in [3.63, 3.8) is 0 Å². The second-order valence-electron chi connectivity index (χ2n) is 4.74. The van der Waals surface area contributed by atoms with Crippen LogP contribution < -0.4 is 15.4 Å². The van der Waals surface area contributed by atoms with E-state index in [2.05, 4.69) is 35.5 Å². The van der Waals surface area contributed by atoms with Gasteiger partial charge in [-0.25, -0.2) is 0 Å². The van der Waals surface area contributed by atoms with Gasteiger partial charge in [-0.3, -0.25) is 4.99 Å². The number of rotatable bonds is 7. The van der Waals surface area contributed by atoms with Crippen LogP contribution in [0.2, 0.25) is 0 Å². The molecule has 0 aromatic heterocycles. The highest BCUT2D eigenvalue weighted by atomic mass is 127. The second kappa shape index (κ2) is 11.7. The van der Waals surface area contributed by atoms with E-state index in [4.69, 9.17) is 4.74 Å². The SMILES string of the molecule is CCOc1ccccc1CCNC(=NC)NC(C)CC.I. The van der Waals surface area contributed by atoms with Gasteiger partial charge in [-0.15, -0.1) is 24.0 Å². The smallest absolute Gasteiger partial charge is 0.191 e. The molecule has 0 radical (unpaired) electrons. The maximum absolute atomic E-state index is 5.63. The molecule has 0 fully saturated rings. The van der Waals surface area contributed by atoms with Crippen LogP contribution in [0.4, 0.5) is 0 Å². The quantitative estimate of drug-likeness (QED) is 0.416. The van der Waals surface area contributed by atoms with Crippen LogP contribution in [0.25, 0.3) is 0 Å². The maximum Gasteiger partial charge on any atom is 0.191 e. The molecular formula is C16H28IN3O. The highest BCUT2D eigenvalue weighted by molar-refractivity contribution is 14.0. The molecule has 0 saturated carbocycles. The molecule has 0 aliphatic carbocycles. The highest BCUT2D eigenvalue weighted by Gasteiger charge is 2.04. The van der Waals surface area contributed by atoms with Crippen molar-refractivity contribution in [2.75, 3.05) is 20.2 Å². The average molecular weight is 405 g/mol. The molecule has 0 bridgehead atoms. The molecule has 4 nitrogen and oxygen atoms in total. The molecule has 0 spiro atoms. The van der Waals surface area contributed by atoms with Gasteiger partial charge in [-0.1, -0.05) is 25.1 Å². The summed E-state index contributed by atoms with van der Waals surface area (Å²) in [7, 11) is 1.80. The normalized spacial score (nSPS) is 12.3. The van der Waals surface area contributed by atoms with E-state index in [1.54, 1.807) is 7.05 Å². The fourth-order valence-electron chi connectivity index (χ4n) is 1.85. The van der Waals surface area contributed by atoms with Crippen molar-refractivity contribution in [1.82, 2.24) is 10.6 Å². The van der Waals surface area contributed by atoms with Gasteiger partial charge in [0.15, 0.2) is 5.96 Å². The Balaban J connectivity index is 0.00000400. The lowest BCUT2D eigenvalue weighted by atomic mass is 10.1. The number of halogens is 1. The van der Waals surface area contributed by atoms with Crippen LogP contribution in [0.5, 0.6) is 5.75 Å². The van der Waals surface area contributed by atoms with Crippen LogP contribution in [0, 0.1) is 0 Å². The fourth-order valence-corrected chi connectivity index (χ4v) is 1.85. The largest absolute Gasteiger partial charge is 0.494 e. The molecule has 0 aliphatic heterocycles. The monoisotopic (exact) mass is 405 g/mol. The second-order valence-corrected chi connectivity index (χ2v) is 4.74. The van der Waals surface area contributed by atoms with Crippen molar-refractivity contribution in [2.45, 2.75) is 39.7 Å². The van der Waals surface area contributed by atoms with Crippen LogP contribution >= 0.6 is 24.0 Å². The van der Waals surface area contributed by atoms with Gasteiger partial charge in [-0.05, 0) is 38.3 Å². The molecule has 0 heterocycles. The Morgan fingerprint density at radius 3 is 2.62 bits per heavy atom. The number of ether oxygens (including phenoxy) is 1. The van der Waals surface area contributed by atoms with Crippen molar-refractivity contribution in [3.8, 4) is 5.75 Å². The van der Waals surface area contributed by atoms with E-state index >= 15 is 0 Å². The Bertz CT molecular complexity index is 424. The summed E-state index contributed by atoms with van der Waals surface area (Å²) < 4.78 is 5.63. The van der Waals surface area contributed by atoms with Crippen LogP contribution in [0.15, 0.2) is 29.3 Å². The summed E-state index contributed by atoms with van der Waals surface area (Å²) >= 11 is 0. The zero-order valence-electron chi connectivity index (χ0n) is 13.5. The molecule has 1 aromatic carbocycles. The van der Waals surface area contributed by atoms with E-state index in [9.17, 15) is 0 Å². The van der Waals surface area contributed by atoms with Gasteiger partial charge >= 0.3 is 0 Å². The van der Waals surface area contributed by atoms with Crippen molar-refractivity contribution in [3.05, 3.63) is 29.8 Å². The Kier molecular flexibility index (Phi) is 11.1. The lowest BCUT2D eigenvalue weighted by Gasteiger charge is -2.17. The summed E-state index contributed by atoms with van der Waals surface area (Å²) in [4.78, 5) is 4.23. The Hall–Kier alpha value is -0.980. The zero-order chi connectivity index (χ0) is 14.8. The third kappa shape index (κ3) is 7.55. The number of benzene rings is 1. The first kappa shape index (κ1) is 20.0. The molecule has 0 saturated heterocycles. The van der Waals surface area contributed by atoms with E-state index in [0.717, 1.165) is 31.1 Å². The number of hydrogen-bond donors (Lipinski definition) is 2. The summed E-state index contributed by atoms with van der Waals surface area (Å²) in [6, 6.07) is 8.61. The summed E-state index contributed by atoms with van der Waals surface area (Å²) in [5.41, 5.74) is 1.22. The molecule has 0 amide bonds. The third-order valence-corrected chi connectivity index (χ3v) is 3.18. The van der Waals surface area contributed by atoms with E-state index in [-0.39, 0.29) is 24.0 Å². The number of nitrogens with one attached hydrogen (secondary N) is 2. The first-order valence-electron chi connectivity index (χ1n) is 7.39. The molecule has 1 aromatic rings. The van der Waals surface area contributed by atoms with Crippen molar-refractivity contribution in [1.29, 1.82) is 0 Å². The van der Waals surface area contributed by atoms with E-state index in [0.29, 0.717) is 12.6 Å². The minimum atomic E-state index is 0. The first-order valence-corrected chi connectivity index (χ1v) is 7.39. The number of hydrogen-bond acceptors (Lipinski definition) is 2. The standard InChI is InChI=1S/C16H27N3O.HI/c1-5-13(3)19-16(17-4)18-12-11-14-9-7-8-10-15(14)20-6-2;/h7-10,13H,5-6,11-12H2,1-4H3,(H2,17,18,19);1H.